The van der Waals surface area contributed by atoms with Gasteiger partial charge in [-0.15, -0.1) is 10.2 Å². The molecule has 0 bridgehead atoms. The molecule has 0 unspecified atom stereocenters. The second-order valence-corrected chi connectivity index (χ2v) is 4.32. The molecule has 0 spiro atoms. The molecule has 0 saturated carbocycles. The van der Waals surface area contributed by atoms with Crippen molar-refractivity contribution in [3.8, 4) is 17.2 Å². The summed E-state index contributed by atoms with van der Waals surface area (Å²) < 4.78 is 10.8. The van der Waals surface area contributed by atoms with Crippen molar-refractivity contribution >= 4 is 0 Å². The minimum atomic E-state index is 0.235. The van der Waals surface area contributed by atoms with E-state index in [0.29, 0.717) is 23.4 Å². The van der Waals surface area contributed by atoms with Crippen LogP contribution in [0.5, 0.6) is 5.75 Å². The van der Waals surface area contributed by atoms with E-state index in [2.05, 4.69) is 24.0 Å². The average Bonchev–Trinajstić information content (AvgIpc) is 2.86. The molecule has 0 aliphatic carbocycles. The van der Waals surface area contributed by atoms with Crippen molar-refractivity contribution in [1.82, 2.24) is 10.2 Å². The fraction of sp³-hybridized carbons (Fsp3) is 0.385. The first kappa shape index (κ1) is 12.6. The van der Waals surface area contributed by atoms with Gasteiger partial charge in [0.1, 0.15) is 5.75 Å². The summed E-state index contributed by atoms with van der Waals surface area (Å²) in [6.45, 7) is 4.49. The van der Waals surface area contributed by atoms with Gasteiger partial charge in [0.2, 0.25) is 5.89 Å². The van der Waals surface area contributed by atoms with Crippen LogP contribution in [0.4, 0.5) is 0 Å². The SMILES string of the molecule is COc1ccc(C(C)C)cc1-c1nnc(CN)o1. The number of nitrogens with two attached hydrogens (primary N) is 1. The lowest BCUT2D eigenvalue weighted by Gasteiger charge is -2.10. The Bertz CT molecular complexity index is 535. The zero-order chi connectivity index (χ0) is 13.1. The Morgan fingerprint density at radius 3 is 2.67 bits per heavy atom. The van der Waals surface area contributed by atoms with Gasteiger partial charge in [0.05, 0.1) is 19.2 Å². The lowest BCUT2D eigenvalue weighted by Crippen LogP contribution is -1.95. The highest BCUT2D eigenvalue weighted by Gasteiger charge is 2.14. The molecule has 1 aromatic heterocycles. The number of benzene rings is 1. The molecule has 5 heteroatoms. The largest absolute Gasteiger partial charge is 0.496 e. The summed E-state index contributed by atoms with van der Waals surface area (Å²) in [5, 5.41) is 7.85. The van der Waals surface area contributed by atoms with Crippen LogP contribution >= 0.6 is 0 Å². The van der Waals surface area contributed by atoms with Gasteiger partial charge in [-0.2, -0.15) is 0 Å². The lowest BCUT2D eigenvalue weighted by molar-refractivity contribution is 0.413. The summed E-state index contributed by atoms with van der Waals surface area (Å²) >= 11 is 0. The summed E-state index contributed by atoms with van der Waals surface area (Å²) in [5.74, 6) is 2.00. The van der Waals surface area contributed by atoms with Crippen molar-refractivity contribution in [2.75, 3.05) is 7.11 Å². The quantitative estimate of drug-likeness (QED) is 0.897. The fourth-order valence-electron chi connectivity index (χ4n) is 1.70. The first-order chi connectivity index (χ1) is 8.65. The first-order valence-corrected chi connectivity index (χ1v) is 5.86. The van der Waals surface area contributed by atoms with Crippen molar-refractivity contribution in [1.29, 1.82) is 0 Å². The number of hydrogen-bond donors (Lipinski definition) is 1. The highest BCUT2D eigenvalue weighted by atomic mass is 16.5. The zero-order valence-corrected chi connectivity index (χ0v) is 10.8. The normalized spacial score (nSPS) is 10.9. The fourth-order valence-corrected chi connectivity index (χ4v) is 1.70. The standard InChI is InChI=1S/C13H17N3O2/c1-8(2)9-4-5-11(17-3)10(6-9)13-16-15-12(7-14)18-13/h4-6,8H,7,14H2,1-3H3. The van der Waals surface area contributed by atoms with Gasteiger partial charge in [-0.1, -0.05) is 19.9 Å². The lowest BCUT2D eigenvalue weighted by atomic mass is 10.0. The summed E-state index contributed by atoms with van der Waals surface area (Å²) in [6, 6.07) is 5.96. The molecule has 18 heavy (non-hydrogen) atoms. The maximum Gasteiger partial charge on any atom is 0.251 e. The van der Waals surface area contributed by atoms with Crippen LogP contribution in [0.2, 0.25) is 0 Å². The van der Waals surface area contributed by atoms with Gasteiger partial charge in [0.25, 0.3) is 5.89 Å². The van der Waals surface area contributed by atoms with E-state index in [1.165, 1.54) is 5.56 Å². The van der Waals surface area contributed by atoms with Gasteiger partial charge in [-0.3, -0.25) is 0 Å². The van der Waals surface area contributed by atoms with Crippen LogP contribution in [-0.4, -0.2) is 17.3 Å². The maximum atomic E-state index is 5.47. The van der Waals surface area contributed by atoms with Crippen molar-refractivity contribution in [2.45, 2.75) is 26.3 Å². The van der Waals surface area contributed by atoms with Crippen molar-refractivity contribution < 1.29 is 9.15 Å². The zero-order valence-electron chi connectivity index (χ0n) is 10.8. The van der Waals surface area contributed by atoms with Crippen LogP contribution in [0, 0.1) is 0 Å². The van der Waals surface area contributed by atoms with Crippen LogP contribution in [0.15, 0.2) is 22.6 Å². The topological polar surface area (TPSA) is 74.2 Å². The van der Waals surface area contributed by atoms with Gasteiger partial charge >= 0.3 is 0 Å². The van der Waals surface area contributed by atoms with E-state index in [0.717, 1.165) is 5.56 Å². The van der Waals surface area contributed by atoms with E-state index >= 15 is 0 Å². The maximum absolute atomic E-state index is 5.47. The van der Waals surface area contributed by atoms with E-state index in [-0.39, 0.29) is 6.54 Å². The molecule has 1 heterocycles. The Hall–Kier alpha value is -1.88. The van der Waals surface area contributed by atoms with Gasteiger partial charge in [-0.25, -0.2) is 0 Å². The van der Waals surface area contributed by atoms with Crippen molar-refractivity contribution in [3.05, 3.63) is 29.7 Å². The molecule has 0 amide bonds. The minimum Gasteiger partial charge on any atom is -0.496 e. The molecule has 2 N–H and O–H groups in total. The summed E-state index contributed by atoms with van der Waals surface area (Å²) in [4.78, 5) is 0. The monoisotopic (exact) mass is 247 g/mol. The predicted octanol–water partition coefficient (Wildman–Crippen LogP) is 2.33. The summed E-state index contributed by atoms with van der Waals surface area (Å²) in [7, 11) is 1.62. The van der Waals surface area contributed by atoms with E-state index in [1.807, 2.05) is 18.2 Å². The molecule has 0 aliphatic rings. The third kappa shape index (κ3) is 2.36. The van der Waals surface area contributed by atoms with Gasteiger partial charge in [-0.05, 0) is 23.6 Å². The van der Waals surface area contributed by atoms with E-state index < -0.39 is 0 Å². The molecule has 0 saturated heterocycles. The Labute approximate surface area is 106 Å². The molecular weight excluding hydrogens is 230 g/mol. The molecule has 5 nitrogen and oxygen atoms in total. The van der Waals surface area contributed by atoms with Crippen LogP contribution in [0.25, 0.3) is 11.5 Å². The molecule has 0 fully saturated rings. The van der Waals surface area contributed by atoms with Crippen molar-refractivity contribution in [2.24, 2.45) is 5.73 Å². The van der Waals surface area contributed by atoms with E-state index in [4.69, 9.17) is 14.9 Å². The number of nitrogens with zero attached hydrogens (tertiary/aromatic N) is 2. The molecular formula is C13H17N3O2. The molecule has 0 atom stereocenters. The van der Waals surface area contributed by atoms with Crippen LogP contribution in [0.1, 0.15) is 31.2 Å². The Kier molecular flexibility index (Phi) is 3.62. The molecule has 1 aromatic carbocycles. The molecule has 2 rings (SSSR count). The highest BCUT2D eigenvalue weighted by Crippen LogP contribution is 2.32. The van der Waals surface area contributed by atoms with E-state index in [1.54, 1.807) is 7.11 Å². The second-order valence-electron chi connectivity index (χ2n) is 4.32. The third-order valence-corrected chi connectivity index (χ3v) is 2.76. The number of hydrogen-bond acceptors (Lipinski definition) is 5. The number of rotatable bonds is 4. The predicted molar refractivity (Wildman–Crippen MR) is 68.3 cm³/mol. The highest BCUT2D eigenvalue weighted by molar-refractivity contribution is 5.63. The molecule has 2 aromatic rings. The van der Waals surface area contributed by atoms with Gasteiger partial charge < -0.3 is 14.9 Å². The average molecular weight is 247 g/mol. The van der Waals surface area contributed by atoms with Crippen LogP contribution < -0.4 is 10.5 Å². The van der Waals surface area contributed by atoms with Gasteiger partial charge in [0, 0.05) is 0 Å². The van der Waals surface area contributed by atoms with Crippen molar-refractivity contribution in [3.63, 3.8) is 0 Å². The summed E-state index contributed by atoms with van der Waals surface area (Å²) in [6.07, 6.45) is 0. The van der Waals surface area contributed by atoms with Crippen LogP contribution in [0.3, 0.4) is 0 Å². The smallest absolute Gasteiger partial charge is 0.251 e. The molecule has 0 radical (unpaired) electrons. The Morgan fingerprint density at radius 1 is 1.33 bits per heavy atom. The Morgan fingerprint density at radius 2 is 2.11 bits per heavy atom. The Balaban J connectivity index is 2.49. The summed E-state index contributed by atoms with van der Waals surface area (Å²) in [5.41, 5.74) is 7.46. The second kappa shape index (κ2) is 5.18. The number of ether oxygens (including phenoxy) is 1. The number of methoxy groups -OCH3 is 1. The first-order valence-electron chi connectivity index (χ1n) is 5.86. The minimum absolute atomic E-state index is 0.235. The van der Waals surface area contributed by atoms with Gasteiger partial charge in [0.15, 0.2) is 0 Å². The molecule has 0 aliphatic heterocycles. The molecule has 96 valence electrons. The number of aromatic nitrogens is 2. The van der Waals surface area contributed by atoms with Crippen LogP contribution in [-0.2, 0) is 6.54 Å². The van der Waals surface area contributed by atoms with E-state index in [9.17, 15) is 0 Å². The third-order valence-electron chi connectivity index (χ3n) is 2.76.